The lowest BCUT2D eigenvalue weighted by Crippen LogP contribution is -2.56. The highest BCUT2D eigenvalue weighted by Crippen LogP contribution is 2.34. The Labute approximate surface area is 185 Å². The van der Waals surface area contributed by atoms with Gasteiger partial charge >= 0.3 is 0 Å². The molecule has 3 aliphatic rings. The zero-order chi connectivity index (χ0) is 21.7. The zero-order valence-electron chi connectivity index (χ0n) is 17.6. The highest BCUT2D eigenvalue weighted by atomic mass is 32.1. The molecule has 0 saturated carbocycles. The van der Waals surface area contributed by atoms with Crippen molar-refractivity contribution in [2.75, 3.05) is 48.0 Å². The highest BCUT2D eigenvalue weighted by molar-refractivity contribution is 7.80. The molecule has 10 heteroatoms. The smallest absolute Gasteiger partial charge is 0.246 e. The number of hydrogen-bond donors (Lipinski definition) is 2. The Kier molecular flexibility index (Phi) is 4.90. The van der Waals surface area contributed by atoms with Gasteiger partial charge < -0.3 is 25.6 Å². The summed E-state index contributed by atoms with van der Waals surface area (Å²) in [5.74, 6) is 1.09. The first-order valence-corrected chi connectivity index (χ1v) is 10.8. The predicted octanol–water partition coefficient (Wildman–Crippen LogP) is 1.16. The van der Waals surface area contributed by atoms with Crippen LogP contribution in [-0.2, 0) is 16.1 Å². The molecular formula is C21H25N7O2S. The van der Waals surface area contributed by atoms with Gasteiger partial charge in [0.1, 0.15) is 11.0 Å². The maximum atomic E-state index is 13.5. The van der Waals surface area contributed by atoms with Gasteiger partial charge in [-0.3, -0.25) is 4.79 Å². The molecule has 2 aromatic rings. The molecule has 1 unspecified atom stereocenters. The fourth-order valence-corrected chi connectivity index (χ4v) is 4.81. The van der Waals surface area contributed by atoms with Crippen molar-refractivity contribution in [3.05, 3.63) is 40.6 Å². The maximum Gasteiger partial charge on any atom is 0.246 e. The van der Waals surface area contributed by atoms with Crippen molar-refractivity contribution in [2.45, 2.75) is 26.4 Å². The second-order valence-electron chi connectivity index (χ2n) is 8.13. The first kappa shape index (κ1) is 20.0. The average Bonchev–Trinajstić information content (AvgIpc) is 3.16. The number of morpholine rings is 1. The van der Waals surface area contributed by atoms with Crippen LogP contribution in [0.2, 0.25) is 0 Å². The summed E-state index contributed by atoms with van der Waals surface area (Å²) in [5, 5.41) is 7.89. The van der Waals surface area contributed by atoms with Crippen molar-refractivity contribution in [2.24, 2.45) is 5.73 Å². The van der Waals surface area contributed by atoms with Crippen molar-refractivity contribution < 1.29 is 9.53 Å². The van der Waals surface area contributed by atoms with E-state index in [1.165, 1.54) is 0 Å². The van der Waals surface area contributed by atoms with Gasteiger partial charge in [-0.05, 0) is 30.5 Å². The summed E-state index contributed by atoms with van der Waals surface area (Å²) in [7, 11) is 0. The lowest BCUT2D eigenvalue weighted by atomic mass is 9.94. The number of nitrogens with zero attached hydrogens (tertiary/aromatic N) is 5. The number of benzene rings is 1. The van der Waals surface area contributed by atoms with E-state index in [1.807, 2.05) is 41.6 Å². The van der Waals surface area contributed by atoms with Crippen LogP contribution in [0, 0.1) is 13.8 Å². The molecule has 3 aliphatic heterocycles. The first-order valence-electron chi connectivity index (χ1n) is 10.4. The maximum absolute atomic E-state index is 13.5. The Hall–Kier alpha value is -2.98. The molecule has 0 aliphatic carbocycles. The Morgan fingerprint density at radius 3 is 2.61 bits per heavy atom. The van der Waals surface area contributed by atoms with E-state index in [1.54, 1.807) is 0 Å². The van der Waals surface area contributed by atoms with Gasteiger partial charge in [0.2, 0.25) is 17.7 Å². The van der Waals surface area contributed by atoms with Gasteiger partial charge in [-0.25, -0.2) is 4.68 Å². The summed E-state index contributed by atoms with van der Waals surface area (Å²) in [5.41, 5.74) is 10.7. The number of carbonyl (C=O) groups is 1. The van der Waals surface area contributed by atoms with Crippen molar-refractivity contribution in [3.63, 3.8) is 0 Å². The van der Waals surface area contributed by atoms with Gasteiger partial charge in [0.25, 0.3) is 0 Å². The molecule has 162 valence electrons. The fraction of sp³-hybridized carbons (Fsp3) is 0.429. The molecule has 1 saturated heterocycles. The largest absolute Gasteiger partial charge is 0.391 e. The SMILES string of the molecule is Cc1cccc(C)c1N1CC2=C(Nc3nc(N4CCOCC4)nn3C2)C(=O)C1C(N)=S. The molecule has 1 aromatic carbocycles. The molecule has 1 aromatic heterocycles. The number of aryl methyl sites for hydroxylation is 2. The van der Waals surface area contributed by atoms with Crippen LogP contribution in [-0.4, -0.2) is 64.4 Å². The quantitative estimate of drug-likeness (QED) is 0.682. The van der Waals surface area contributed by atoms with E-state index in [4.69, 9.17) is 22.7 Å². The summed E-state index contributed by atoms with van der Waals surface area (Å²) < 4.78 is 7.24. The Morgan fingerprint density at radius 1 is 1.23 bits per heavy atom. The molecule has 0 amide bonds. The number of ketones is 1. The average molecular weight is 440 g/mol. The number of rotatable bonds is 3. The molecule has 31 heavy (non-hydrogen) atoms. The normalized spacial score (nSPS) is 21.0. The van der Waals surface area contributed by atoms with Crippen molar-refractivity contribution in [1.82, 2.24) is 14.8 Å². The van der Waals surface area contributed by atoms with E-state index >= 15 is 0 Å². The number of hydrogen-bond acceptors (Lipinski definition) is 8. The monoisotopic (exact) mass is 439 g/mol. The Morgan fingerprint density at radius 2 is 1.94 bits per heavy atom. The molecule has 4 heterocycles. The number of thiocarbonyl (C=S) groups is 1. The van der Waals surface area contributed by atoms with E-state index < -0.39 is 6.04 Å². The third kappa shape index (κ3) is 3.35. The van der Waals surface area contributed by atoms with E-state index in [0.29, 0.717) is 43.9 Å². The third-order valence-corrected chi connectivity index (χ3v) is 6.27. The molecule has 0 bridgehead atoms. The summed E-state index contributed by atoms with van der Waals surface area (Å²) in [6, 6.07) is 5.39. The number of fused-ring (bicyclic) bond motifs is 1. The minimum absolute atomic E-state index is 0.126. The van der Waals surface area contributed by atoms with Crippen LogP contribution in [0.1, 0.15) is 11.1 Å². The molecule has 3 N–H and O–H groups in total. The van der Waals surface area contributed by atoms with Crippen LogP contribution in [0.3, 0.4) is 0 Å². The minimum atomic E-state index is -0.700. The van der Waals surface area contributed by atoms with Crippen LogP contribution < -0.4 is 20.9 Å². The lowest BCUT2D eigenvalue weighted by molar-refractivity contribution is -0.115. The van der Waals surface area contributed by atoms with E-state index in [0.717, 1.165) is 35.5 Å². The number of carbonyl (C=O) groups excluding carboxylic acids is 1. The summed E-state index contributed by atoms with van der Waals surface area (Å²) in [4.78, 5) is 22.4. The standard InChI is InChI=1S/C21H25N7O2S/c1-12-4-3-5-13(2)16(12)27-10-14-11-28-20(23-15(14)18(29)17(27)19(22)31)24-21(25-28)26-6-8-30-9-7-26/h3-5,17H,6-11H2,1-2H3,(H2,22,31)(H,23,24,25). The molecule has 1 atom stereocenters. The number of para-hydroxylation sites is 1. The second kappa shape index (κ2) is 7.61. The molecule has 9 nitrogen and oxygen atoms in total. The van der Waals surface area contributed by atoms with Crippen LogP contribution in [0.4, 0.5) is 17.6 Å². The first-order chi connectivity index (χ1) is 14.9. The topological polar surface area (TPSA) is 102 Å². The zero-order valence-corrected chi connectivity index (χ0v) is 18.4. The summed E-state index contributed by atoms with van der Waals surface area (Å²) >= 11 is 5.33. The van der Waals surface area contributed by atoms with E-state index in [-0.39, 0.29) is 10.8 Å². The fourth-order valence-electron chi connectivity index (χ4n) is 4.58. The second-order valence-corrected chi connectivity index (χ2v) is 8.60. The molecule has 1 fully saturated rings. The Bertz CT molecular complexity index is 1080. The minimum Gasteiger partial charge on any atom is -0.391 e. The molecule has 5 rings (SSSR count). The molecular weight excluding hydrogens is 414 g/mol. The number of nitrogens with two attached hydrogens (primary N) is 1. The van der Waals surface area contributed by atoms with Gasteiger partial charge in [-0.15, -0.1) is 5.10 Å². The Balaban J connectivity index is 1.50. The highest BCUT2D eigenvalue weighted by Gasteiger charge is 2.41. The van der Waals surface area contributed by atoms with Gasteiger partial charge in [0.15, 0.2) is 0 Å². The van der Waals surface area contributed by atoms with Crippen LogP contribution >= 0.6 is 12.2 Å². The molecule has 0 radical (unpaired) electrons. The van der Waals surface area contributed by atoms with Crippen LogP contribution in [0.15, 0.2) is 29.5 Å². The van der Waals surface area contributed by atoms with Gasteiger partial charge in [0.05, 0.1) is 25.5 Å². The van der Waals surface area contributed by atoms with Gasteiger partial charge in [-0.1, -0.05) is 30.4 Å². The van der Waals surface area contributed by atoms with E-state index in [2.05, 4.69) is 20.3 Å². The van der Waals surface area contributed by atoms with Crippen molar-refractivity contribution in [1.29, 1.82) is 0 Å². The number of ether oxygens (including phenoxy) is 1. The van der Waals surface area contributed by atoms with Gasteiger partial charge in [-0.2, -0.15) is 4.98 Å². The number of Topliss-reactive ketones (excluding diaryl/α,β-unsaturated/α-hetero) is 1. The number of nitrogens with one attached hydrogen (secondary N) is 1. The van der Waals surface area contributed by atoms with E-state index in [9.17, 15) is 4.79 Å². The lowest BCUT2D eigenvalue weighted by Gasteiger charge is -2.40. The number of aromatic nitrogens is 3. The van der Waals surface area contributed by atoms with Gasteiger partial charge in [0, 0.05) is 25.3 Å². The van der Waals surface area contributed by atoms with Crippen molar-refractivity contribution >= 4 is 40.6 Å². The number of anilines is 3. The predicted molar refractivity (Wildman–Crippen MR) is 123 cm³/mol. The summed E-state index contributed by atoms with van der Waals surface area (Å²) in [6.07, 6.45) is 0. The van der Waals surface area contributed by atoms with Crippen molar-refractivity contribution in [3.8, 4) is 0 Å². The third-order valence-electron chi connectivity index (χ3n) is 6.05. The van der Waals surface area contributed by atoms with Crippen LogP contribution in [0.5, 0.6) is 0 Å². The van der Waals surface area contributed by atoms with Crippen LogP contribution in [0.25, 0.3) is 0 Å². The summed E-state index contributed by atoms with van der Waals surface area (Å²) in [6.45, 7) is 7.92. The molecule has 0 spiro atoms.